The van der Waals surface area contributed by atoms with E-state index in [1.54, 1.807) is 20.8 Å². The zero-order valence-corrected chi connectivity index (χ0v) is 11.8. The molecule has 2 unspecified atom stereocenters. The van der Waals surface area contributed by atoms with Gasteiger partial charge in [-0.3, -0.25) is 4.79 Å². The van der Waals surface area contributed by atoms with Crippen molar-refractivity contribution in [2.75, 3.05) is 12.4 Å². The van der Waals surface area contributed by atoms with E-state index in [2.05, 4.69) is 4.72 Å². The molecule has 1 saturated heterocycles. The van der Waals surface area contributed by atoms with E-state index in [4.69, 9.17) is 9.84 Å². The topological polar surface area (TPSA) is 92.7 Å². The van der Waals surface area contributed by atoms with Crippen molar-refractivity contribution in [2.24, 2.45) is 5.41 Å². The van der Waals surface area contributed by atoms with Crippen LogP contribution in [0, 0.1) is 5.41 Å². The Labute approximate surface area is 108 Å². The van der Waals surface area contributed by atoms with Crippen LogP contribution in [0.1, 0.15) is 33.6 Å². The molecular formula is C11H21NO5S. The van der Waals surface area contributed by atoms with E-state index >= 15 is 0 Å². The van der Waals surface area contributed by atoms with Crippen molar-refractivity contribution in [3.05, 3.63) is 0 Å². The molecule has 0 aromatic carbocycles. The number of hydrogen-bond acceptors (Lipinski definition) is 4. The molecule has 0 radical (unpaired) electrons. The largest absolute Gasteiger partial charge is 0.480 e. The highest BCUT2D eigenvalue weighted by Crippen LogP contribution is 2.21. The molecule has 106 valence electrons. The Kier molecular flexibility index (Phi) is 4.74. The summed E-state index contributed by atoms with van der Waals surface area (Å²) < 4.78 is 31.3. The van der Waals surface area contributed by atoms with Crippen LogP contribution in [0.2, 0.25) is 0 Å². The van der Waals surface area contributed by atoms with Gasteiger partial charge in [0.05, 0.1) is 11.9 Å². The summed E-state index contributed by atoms with van der Waals surface area (Å²) >= 11 is 0. The molecule has 2 N–H and O–H groups in total. The van der Waals surface area contributed by atoms with Crippen molar-refractivity contribution in [3.63, 3.8) is 0 Å². The predicted octanol–water partition coefficient (Wildman–Crippen LogP) is 0.584. The van der Waals surface area contributed by atoms with Crippen LogP contribution in [0.15, 0.2) is 0 Å². The fraction of sp³-hybridized carbons (Fsp3) is 0.909. The number of aliphatic carboxylic acids is 1. The van der Waals surface area contributed by atoms with Gasteiger partial charge in [0, 0.05) is 6.61 Å². The van der Waals surface area contributed by atoms with Crippen molar-refractivity contribution in [1.29, 1.82) is 0 Å². The molecule has 1 rings (SSSR count). The summed E-state index contributed by atoms with van der Waals surface area (Å²) in [5, 5.41) is 9.07. The zero-order valence-electron chi connectivity index (χ0n) is 11.0. The Morgan fingerprint density at radius 2 is 2.11 bits per heavy atom. The van der Waals surface area contributed by atoms with Crippen molar-refractivity contribution < 1.29 is 23.1 Å². The third kappa shape index (κ3) is 4.55. The lowest BCUT2D eigenvalue weighted by atomic mass is 9.88. The fourth-order valence-corrected chi connectivity index (χ4v) is 3.51. The van der Waals surface area contributed by atoms with Crippen LogP contribution in [0.25, 0.3) is 0 Å². The molecule has 1 heterocycles. The lowest BCUT2D eigenvalue weighted by Crippen LogP contribution is -2.50. The third-order valence-electron chi connectivity index (χ3n) is 2.84. The minimum Gasteiger partial charge on any atom is -0.480 e. The summed E-state index contributed by atoms with van der Waals surface area (Å²) in [4.78, 5) is 11.1. The maximum absolute atomic E-state index is 11.9. The standard InChI is InChI=1S/C11H21NO5S/c1-11(2,3)9(10(13)14)12-18(15,16)7-8-5-4-6-17-8/h8-9,12H,4-7H2,1-3H3,(H,13,14). The predicted molar refractivity (Wildman–Crippen MR) is 66.8 cm³/mol. The third-order valence-corrected chi connectivity index (χ3v) is 4.25. The van der Waals surface area contributed by atoms with Gasteiger partial charge >= 0.3 is 5.97 Å². The van der Waals surface area contributed by atoms with E-state index < -0.39 is 27.4 Å². The number of sulfonamides is 1. The number of nitrogens with one attached hydrogen (secondary N) is 1. The van der Waals surface area contributed by atoms with E-state index in [1.807, 2.05) is 0 Å². The number of hydrogen-bond donors (Lipinski definition) is 2. The number of ether oxygens (including phenoxy) is 1. The first kappa shape index (κ1) is 15.4. The molecule has 7 heteroatoms. The molecule has 0 aromatic rings. The smallest absolute Gasteiger partial charge is 0.322 e. The summed E-state index contributed by atoms with van der Waals surface area (Å²) in [6, 6.07) is -1.14. The van der Waals surface area contributed by atoms with Crippen LogP contribution in [0.4, 0.5) is 0 Å². The molecule has 0 aromatic heterocycles. The summed E-state index contributed by atoms with van der Waals surface area (Å²) in [6.45, 7) is 5.61. The van der Waals surface area contributed by atoms with E-state index in [0.717, 1.165) is 6.42 Å². The Bertz CT molecular complexity index is 392. The van der Waals surface area contributed by atoms with Gasteiger partial charge in [-0.25, -0.2) is 13.1 Å². The molecule has 1 fully saturated rings. The van der Waals surface area contributed by atoms with Crippen molar-refractivity contribution in [3.8, 4) is 0 Å². The zero-order chi connectivity index (χ0) is 14.0. The number of carbonyl (C=O) groups is 1. The van der Waals surface area contributed by atoms with Crippen LogP contribution in [-0.2, 0) is 19.6 Å². The van der Waals surface area contributed by atoms with E-state index in [9.17, 15) is 13.2 Å². The van der Waals surface area contributed by atoms with Crippen LogP contribution in [0.3, 0.4) is 0 Å². The van der Waals surface area contributed by atoms with Crippen LogP contribution >= 0.6 is 0 Å². The minimum atomic E-state index is -3.65. The lowest BCUT2D eigenvalue weighted by Gasteiger charge is -2.27. The highest BCUT2D eigenvalue weighted by atomic mass is 32.2. The van der Waals surface area contributed by atoms with Crippen molar-refractivity contribution in [1.82, 2.24) is 4.72 Å². The summed E-state index contributed by atoms with van der Waals surface area (Å²) in [5.41, 5.74) is -0.685. The Morgan fingerprint density at radius 3 is 2.50 bits per heavy atom. The average Bonchev–Trinajstić information content (AvgIpc) is 2.64. The average molecular weight is 279 g/mol. The molecule has 0 saturated carbocycles. The van der Waals surface area contributed by atoms with Gasteiger partial charge < -0.3 is 9.84 Å². The van der Waals surface area contributed by atoms with Gasteiger partial charge in [0.1, 0.15) is 6.04 Å². The van der Waals surface area contributed by atoms with Gasteiger partial charge in [0.25, 0.3) is 0 Å². The van der Waals surface area contributed by atoms with E-state index in [-0.39, 0.29) is 11.9 Å². The van der Waals surface area contributed by atoms with Gasteiger partial charge in [0.2, 0.25) is 10.0 Å². The van der Waals surface area contributed by atoms with Gasteiger partial charge in [0.15, 0.2) is 0 Å². The van der Waals surface area contributed by atoms with Gasteiger partial charge in [-0.15, -0.1) is 0 Å². The second-order valence-corrected chi connectivity index (χ2v) is 7.47. The van der Waals surface area contributed by atoms with Gasteiger partial charge in [-0.1, -0.05) is 20.8 Å². The fourth-order valence-electron chi connectivity index (χ4n) is 1.85. The molecule has 0 spiro atoms. The molecule has 0 bridgehead atoms. The molecule has 0 amide bonds. The molecule has 0 aliphatic carbocycles. The van der Waals surface area contributed by atoms with Gasteiger partial charge in [-0.05, 0) is 18.3 Å². The molecule has 1 aliphatic heterocycles. The Morgan fingerprint density at radius 1 is 1.50 bits per heavy atom. The first-order chi connectivity index (χ1) is 8.12. The molecule has 1 aliphatic rings. The number of carboxylic acid groups (broad SMARTS) is 1. The second kappa shape index (κ2) is 5.54. The SMILES string of the molecule is CC(C)(C)C(NS(=O)(=O)CC1CCCO1)C(=O)O. The normalized spacial score (nSPS) is 22.9. The molecule has 18 heavy (non-hydrogen) atoms. The van der Waals surface area contributed by atoms with Crippen LogP contribution < -0.4 is 4.72 Å². The molecule has 6 nitrogen and oxygen atoms in total. The van der Waals surface area contributed by atoms with E-state index in [0.29, 0.717) is 13.0 Å². The number of rotatable bonds is 5. The number of carboxylic acids is 1. The summed E-state index contributed by atoms with van der Waals surface area (Å²) in [6.07, 6.45) is 1.23. The first-order valence-corrected chi connectivity index (χ1v) is 7.61. The summed E-state index contributed by atoms with van der Waals surface area (Å²) in [7, 11) is -3.65. The Balaban J connectivity index is 2.70. The minimum absolute atomic E-state index is 0.174. The summed E-state index contributed by atoms with van der Waals surface area (Å²) in [5.74, 6) is -1.34. The van der Waals surface area contributed by atoms with Crippen molar-refractivity contribution >= 4 is 16.0 Å². The monoisotopic (exact) mass is 279 g/mol. The quantitative estimate of drug-likeness (QED) is 0.768. The highest BCUT2D eigenvalue weighted by Gasteiger charge is 2.35. The molecule has 2 atom stereocenters. The first-order valence-electron chi connectivity index (χ1n) is 5.96. The van der Waals surface area contributed by atoms with Crippen LogP contribution in [0.5, 0.6) is 0 Å². The van der Waals surface area contributed by atoms with E-state index in [1.165, 1.54) is 0 Å². The maximum atomic E-state index is 11.9. The lowest BCUT2D eigenvalue weighted by molar-refractivity contribution is -0.141. The molecular weight excluding hydrogens is 258 g/mol. The van der Waals surface area contributed by atoms with Crippen molar-refractivity contribution in [2.45, 2.75) is 45.8 Å². The maximum Gasteiger partial charge on any atom is 0.322 e. The van der Waals surface area contributed by atoms with Crippen LogP contribution in [-0.4, -0.2) is 44.0 Å². The second-order valence-electron chi connectivity index (χ2n) is 5.67. The highest BCUT2D eigenvalue weighted by molar-refractivity contribution is 7.89. The Hall–Kier alpha value is -0.660. The van der Waals surface area contributed by atoms with Gasteiger partial charge in [-0.2, -0.15) is 0 Å².